The molecule has 0 fully saturated rings. The number of pyridine rings is 1. The van der Waals surface area contributed by atoms with E-state index in [9.17, 15) is 18.0 Å². The Bertz CT molecular complexity index is 608. The molecule has 0 radical (unpaired) electrons. The average Bonchev–Trinajstić information content (AvgIpc) is 2.35. The molecule has 3 nitrogen and oxygen atoms in total. The fourth-order valence-electron chi connectivity index (χ4n) is 1.69. The van der Waals surface area contributed by atoms with Crippen molar-refractivity contribution in [1.82, 2.24) is 4.98 Å². The van der Waals surface area contributed by atoms with Gasteiger partial charge in [0.25, 0.3) is 0 Å². The molecule has 0 amide bonds. The Balaban J connectivity index is 2.64. The summed E-state index contributed by atoms with van der Waals surface area (Å²) in [5, 5.41) is 0.287. The van der Waals surface area contributed by atoms with Gasteiger partial charge >= 0.3 is 6.18 Å². The number of nitrogens with two attached hydrogens (primary N) is 1. The maximum Gasteiger partial charge on any atom is 0.418 e. The summed E-state index contributed by atoms with van der Waals surface area (Å²) >= 11 is 0. The van der Waals surface area contributed by atoms with Gasteiger partial charge in [-0.15, -0.1) is 0 Å². The normalized spacial score (nSPS) is 11.8. The molecule has 0 atom stereocenters. The minimum Gasteiger partial charge on any atom is -0.324 e. The number of nitrogens with zero attached hydrogens (tertiary/aromatic N) is 1. The van der Waals surface area contributed by atoms with Gasteiger partial charge in [0, 0.05) is 23.3 Å². The molecule has 0 aliphatic heterocycles. The summed E-state index contributed by atoms with van der Waals surface area (Å²) in [6, 6.07) is 3.97. The second-order valence-corrected chi connectivity index (χ2v) is 3.75. The van der Waals surface area contributed by atoms with Crippen molar-refractivity contribution in [2.24, 2.45) is 5.73 Å². The summed E-state index contributed by atoms with van der Waals surface area (Å²) in [6.45, 7) is -0.183. The third-order valence-electron chi connectivity index (χ3n) is 2.57. The zero-order valence-corrected chi connectivity index (χ0v) is 9.16. The van der Waals surface area contributed by atoms with E-state index in [0.29, 0.717) is 0 Å². The summed E-state index contributed by atoms with van der Waals surface area (Å²) in [6.07, 6.45) is -2.41. The highest BCUT2D eigenvalue weighted by Gasteiger charge is 2.32. The number of Topliss-reactive ketones (excluding diaryl/α,β-unsaturated/α-hetero) is 1. The largest absolute Gasteiger partial charge is 0.418 e. The van der Waals surface area contributed by atoms with E-state index >= 15 is 0 Å². The van der Waals surface area contributed by atoms with Gasteiger partial charge in [-0.1, -0.05) is 12.1 Å². The summed E-state index contributed by atoms with van der Waals surface area (Å²) in [7, 11) is 0. The molecule has 0 aliphatic carbocycles. The number of alkyl halides is 3. The van der Waals surface area contributed by atoms with Crippen molar-refractivity contribution in [3.63, 3.8) is 0 Å². The van der Waals surface area contributed by atoms with Gasteiger partial charge in [-0.3, -0.25) is 9.78 Å². The molecule has 1 aromatic heterocycles. The zero-order chi connectivity index (χ0) is 13.3. The first kappa shape index (κ1) is 12.5. The summed E-state index contributed by atoms with van der Waals surface area (Å²) in [5.74, 6) is -0.325. The quantitative estimate of drug-likeness (QED) is 0.837. The number of hydrogen-bond donors (Lipinski definition) is 1. The van der Waals surface area contributed by atoms with Crippen LogP contribution in [0.4, 0.5) is 13.2 Å². The zero-order valence-electron chi connectivity index (χ0n) is 9.16. The van der Waals surface area contributed by atoms with E-state index in [4.69, 9.17) is 5.73 Å². The number of carbonyl (C=O) groups is 1. The smallest absolute Gasteiger partial charge is 0.324 e. The monoisotopic (exact) mass is 254 g/mol. The van der Waals surface area contributed by atoms with Crippen molar-refractivity contribution in [3.05, 3.63) is 41.7 Å². The Morgan fingerprint density at radius 2 is 2.00 bits per heavy atom. The minimum absolute atomic E-state index is 0.0195. The Morgan fingerprint density at radius 3 is 2.61 bits per heavy atom. The number of ketones is 1. The molecule has 18 heavy (non-hydrogen) atoms. The second kappa shape index (κ2) is 4.38. The van der Waals surface area contributed by atoms with Crippen LogP contribution in [0.15, 0.2) is 30.6 Å². The lowest BCUT2D eigenvalue weighted by atomic mass is 10.0. The van der Waals surface area contributed by atoms with E-state index in [1.165, 1.54) is 24.4 Å². The first-order chi connectivity index (χ1) is 8.43. The van der Waals surface area contributed by atoms with Gasteiger partial charge < -0.3 is 5.73 Å². The summed E-state index contributed by atoms with van der Waals surface area (Å²) in [4.78, 5) is 14.9. The molecule has 0 unspecified atom stereocenters. The fraction of sp³-hybridized carbons (Fsp3) is 0.167. The molecule has 0 saturated heterocycles. The lowest BCUT2D eigenvalue weighted by molar-refractivity contribution is -0.136. The first-order valence-electron chi connectivity index (χ1n) is 5.11. The van der Waals surface area contributed by atoms with E-state index in [-0.39, 0.29) is 28.7 Å². The Labute approximate surface area is 100 Å². The van der Waals surface area contributed by atoms with Crippen LogP contribution in [0.2, 0.25) is 0 Å². The van der Waals surface area contributed by atoms with E-state index in [1.54, 1.807) is 0 Å². The molecule has 94 valence electrons. The van der Waals surface area contributed by atoms with Crippen LogP contribution in [-0.4, -0.2) is 17.3 Å². The molecular formula is C12H9F3N2O. The summed E-state index contributed by atoms with van der Waals surface area (Å²) < 4.78 is 38.1. The molecule has 0 bridgehead atoms. The Morgan fingerprint density at radius 1 is 1.28 bits per heavy atom. The van der Waals surface area contributed by atoms with E-state index in [0.717, 1.165) is 6.20 Å². The van der Waals surface area contributed by atoms with Crippen LogP contribution in [0.3, 0.4) is 0 Å². The number of rotatable bonds is 2. The molecule has 0 spiro atoms. The van der Waals surface area contributed by atoms with Crippen LogP contribution in [0, 0.1) is 0 Å². The predicted octanol–water partition coefficient (Wildman–Crippen LogP) is 2.40. The number of halogens is 3. The molecule has 1 aromatic carbocycles. The van der Waals surface area contributed by atoms with Crippen LogP contribution in [-0.2, 0) is 6.18 Å². The highest BCUT2D eigenvalue weighted by atomic mass is 19.4. The number of hydrogen-bond acceptors (Lipinski definition) is 3. The number of fused-ring (bicyclic) bond motifs is 1. The molecule has 1 heterocycles. The van der Waals surface area contributed by atoms with Crippen molar-refractivity contribution in [1.29, 1.82) is 0 Å². The predicted molar refractivity (Wildman–Crippen MR) is 60.1 cm³/mol. The highest BCUT2D eigenvalue weighted by Crippen LogP contribution is 2.34. The molecule has 6 heteroatoms. The van der Waals surface area contributed by atoms with E-state index in [1.807, 2.05) is 0 Å². The number of aromatic nitrogens is 1. The first-order valence-corrected chi connectivity index (χ1v) is 5.11. The minimum atomic E-state index is -4.47. The maximum absolute atomic E-state index is 12.7. The average molecular weight is 254 g/mol. The standard InChI is InChI=1S/C12H9F3N2O/c13-12(14,15)10-6-17-5-8-3-7(11(18)4-16)1-2-9(8)10/h1-3,5-6H,4,16H2. The number of carbonyl (C=O) groups excluding carboxylic acids is 1. The van der Waals surface area contributed by atoms with Crippen LogP contribution in [0.5, 0.6) is 0 Å². The SMILES string of the molecule is NCC(=O)c1ccc2c(C(F)(F)F)cncc2c1. The topological polar surface area (TPSA) is 56.0 Å². The van der Waals surface area contributed by atoms with Crippen LogP contribution < -0.4 is 5.73 Å². The van der Waals surface area contributed by atoms with Crippen molar-refractivity contribution in [2.75, 3.05) is 6.54 Å². The molecular weight excluding hydrogens is 245 g/mol. The van der Waals surface area contributed by atoms with Crippen molar-refractivity contribution in [2.45, 2.75) is 6.18 Å². The van der Waals surface area contributed by atoms with E-state index in [2.05, 4.69) is 4.98 Å². The fourth-order valence-corrected chi connectivity index (χ4v) is 1.69. The highest BCUT2D eigenvalue weighted by molar-refractivity contribution is 6.01. The molecule has 0 saturated carbocycles. The molecule has 2 N–H and O–H groups in total. The lowest BCUT2D eigenvalue weighted by Gasteiger charge is -2.10. The third kappa shape index (κ3) is 2.19. The van der Waals surface area contributed by atoms with Crippen molar-refractivity contribution in [3.8, 4) is 0 Å². The van der Waals surface area contributed by atoms with Gasteiger partial charge in [0.05, 0.1) is 12.1 Å². The van der Waals surface area contributed by atoms with E-state index < -0.39 is 11.7 Å². The Hall–Kier alpha value is -1.95. The van der Waals surface area contributed by atoms with Crippen molar-refractivity contribution < 1.29 is 18.0 Å². The summed E-state index contributed by atoms with van der Waals surface area (Å²) in [5.41, 5.74) is 4.67. The second-order valence-electron chi connectivity index (χ2n) is 3.75. The maximum atomic E-state index is 12.7. The van der Waals surface area contributed by atoms with Gasteiger partial charge in [-0.25, -0.2) is 0 Å². The van der Waals surface area contributed by atoms with Crippen LogP contribution in [0.1, 0.15) is 15.9 Å². The Kier molecular flexibility index (Phi) is 3.04. The lowest BCUT2D eigenvalue weighted by Crippen LogP contribution is -2.13. The van der Waals surface area contributed by atoms with Gasteiger partial charge in [0.2, 0.25) is 0 Å². The van der Waals surface area contributed by atoms with Gasteiger partial charge in [-0.2, -0.15) is 13.2 Å². The van der Waals surface area contributed by atoms with Crippen LogP contribution in [0.25, 0.3) is 10.8 Å². The molecule has 2 rings (SSSR count). The van der Waals surface area contributed by atoms with Gasteiger partial charge in [0.15, 0.2) is 5.78 Å². The third-order valence-corrected chi connectivity index (χ3v) is 2.57. The molecule has 2 aromatic rings. The number of benzene rings is 1. The van der Waals surface area contributed by atoms with Gasteiger partial charge in [-0.05, 0) is 11.5 Å². The van der Waals surface area contributed by atoms with Crippen molar-refractivity contribution >= 4 is 16.6 Å². The van der Waals surface area contributed by atoms with Gasteiger partial charge in [0.1, 0.15) is 0 Å². The molecule has 0 aliphatic rings. The van der Waals surface area contributed by atoms with Crippen LogP contribution >= 0.6 is 0 Å².